The number of anilines is 1. The van der Waals surface area contributed by atoms with E-state index in [1.54, 1.807) is 6.07 Å². The molecule has 6 heteroatoms. The fourth-order valence-electron chi connectivity index (χ4n) is 4.10. The standard InChI is InChI=1S/C19H14Cl3NO2/c20-12-7-13(21)19-16(17(12)22)10-2-1-3-11(10)18(23-19)9-4-5-14-15(6-9)25-8-24-14/h1-2,4-7,10-11,18,23H,3,8H2/t10-,11+,18+/m1/s1. The second kappa shape index (κ2) is 5.73. The zero-order valence-electron chi connectivity index (χ0n) is 13.1. The van der Waals surface area contributed by atoms with E-state index in [0.717, 1.165) is 34.7 Å². The van der Waals surface area contributed by atoms with E-state index in [9.17, 15) is 0 Å². The van der Waals surface area contributed by atoms with Gasteiger partial charge in [0.15, 0.2) is 11.5 Å². The van der Waals surface area contributed by atoms with E-state index in [1.165, 1.54) is 0 Å². The van der Waals surface area contributed by atoms with Crippen LogP contribution in [0.25, 0.3) is 0 Å². The Bertz CT molecular complexity index is 912. The lowest BCUT2D eigenvalue weighted by Crippen LogP contribution is -2.29. The van der Waals surface area contributed by atoms with Gasteiger partial charge in [0.05, 0.1) is 26.8 Å². The summed E-state index contributed by atoms with van der Waals surface area (Å²) < 4.78 is 11.0. The quantitative estimate of drug-likeness (QED) is 0.461. The average Bonchev–Trinajstić information content (AvgIpc) is 3.26. The number of nitrogens with one attached hydrogen (secondary N) is 1. The summed E-state index contributed by atoms with van der Waals surface area (Å²) in [6.45, 7) is 0.271. The van der Waals surface area contributed by atoms with Crippen LogP contribution in [-0.4, -0.2) is 6.79 Å². The van der Waals surface area contributed by atoms with Gasteiger partial charge in [0.25, 0.3) is 0 Å². The number of rotatable bonds is 1. The van der Waals surface area contributed by atoms with Gasteiger partial charge in [-0.3, -0.25) is 0 Å². The summed E-state index contributed by atoms with van der Waals surface area (Å²) in [5.74, 6) is 2.11. The Kier molecular flexibility index (Phi) is 3.60. The molecule has 0 radical (unpaired) electrons. The Morgan fingerprint density at radius 1 is 1.00 bits per heavy atom. The highest BCUT2D eigenvalue weighted by Gasteiger charge is 2.40. The average molecular weight is 395 g/mol. The third-order valence-electron chi connectivity index (χ3n) is 5.24. The lowest BCUT2D eigenvalue weighted by molar-refractivity contribution is 0.174. The predicted octanol–water partition coefficient (Wildman–Crippen LogP) is 6.20. The molecule has 2 aromatic carbocycles. The molecule has 2 aromatic rings. The van der Waals surface area contributed by atoms with Crippen LogP contribution < -0.4 is 14.8 Å². The molecule has 3 nitrogen and oxygen atoms in total. The molecule has 0 saturated heterocycles. The Balaban J connectivity index is 1.63. The van der Waals surface area contributed by atoms with Crippen molar-refractivity contribution in [1.29, 1.82) is 0 Å². The molecule has 1 aliphatic carbocycles. The van der Waals surface area contributed by atoms with Gasteiger partial charge < -0.3 is 14.8 Å². The summed E-state index contributed by atoms with van der Waals surface area (Å²) in [6, 6.07) is 7.90. The van der Waals surface area contributed by atoms with Crippen molar-refractivity contribution in [2.45, 2.75) is 18.4 Å². The van der Waals surface area contributed by atoms with Crippen LogP contribution >= 0.6 is 34.8 Å². The second-order valence-electron chi connectivity index (χ2n) is 6.53. The number of halogens is 3. The summed E-state index contributed by atoms with van der Waals surface area (Å²) in [6.07, 6.45) is 5.39. The van der Waals surface area contributed by atoms with Gasteiger partial charge in [-0.1, -0.05) is 53.0 Å². The van der Waals surface area contributed by atoms with Crippen LogP contribution in [0.1, 0.15) is 29.5 Å². The van der Waals surface area contributed by atoms with Crippen LogP contribution in [0.3, 0.4) is 0 Å². The first-order chi connectivity index (χ1) is 12.1. The molecule has 2 aliphatic heterocycles. The van der Waals surface area contributed by atoms with E-state index in [4.69, 9.17) is 44.3 Å². The van der Waals surface area contributed by atoms with Crippen LogP contribution in [0.15, 0.2) is 36.4 Å². The highest BCUT2D eigenvalue weighted by Crippen LogP contribution is 2.55. The van der Waals surface area contributed by atoms with Gasteiger partial charge in [0.1, 0.15) is 0 Å². The van der Waals surface area contributed by atoms with Crippen LogP contribution in [0.2, 0.25) is 15.1 Å². The van der Waals surface area contributed by atoms with E-state index in [1.807, 2.05) is 12.1 Å². The van der Waals surface area contributed by atoms with Crippen LogP contribution in [0.5, 0.6) is 11.5 Å². The molecule has 128 valence electrons. The van der Waals surface area contributed by atoms with Crippen molar-refractivity contribution in [1.82, 2.24) is 0 Å². The van der Waals surface area contributed by atoms with E-state index < -0.39 is 0 Å². The van der Waals surface area contributed by atoms with E-state index in [-0.39, 0.29) is 18.8 Å². The second-order valence-corrected chi connectivity index (χ2v) is 7.72. The maximum Gasteiger partial charge on any atom is 0.231 e. The number of ether oxygens (including phenoxy) is 2. The zero-order chi connectivity index (χ0) is 17.1. The molecular formula is C19H14Cl3NO2. The van der Waals surface area contributed by atoms with E-state index >= 15 is 0 Å². The van der Waals surface area contributed by atoms with Gasteiger partial charge in [-0.05, 0) is 36.1 Å². The van der Waals surface area contributed by atoms with Gasteiger partial charge in [0, 0.05) is 11.5 Å². The Morgan fingerprint density at radius 2 is 1.84 bits per heavy atom. The summed E-state index contributed by atoms with van der Waals surface area (Å²) in [5.41, 5.74) is 3.01. The highest BCUT2D eigenvalue weighted by molar-refractivity contribution is 6.44. The normalized spacial score (nSPS) is 25.5. The lowest BCUT2D eigenvalue weighted by Gasteiger charge is -2.38. The van der Waals surface area contributed by atoms with Gasteiger partial charge in [0.2, 0.25) is 6.79 Å². The zero-order valence-corrected chi connectivity index (χ0v) is 15.3. The molecule has 5 rings (SSSR count). The van der Waals surface area contributed by atoms with Crippen molar-refractivity contribution >= 4 is 40.5 Å². The monoisotopic (exact) mass is 393 g/mol. The molecule has 0 bridgehead atoms. The Hall–Kier alpha value is -1.55. The smallest absolute Gasteiger partial charge is 0.231 e. The molecular weight excluding hydrogens is 381 g/mol. The molecule has 25 heavy (non-hydrogen) atoms. The molecule has 0 fully saturated rings. The minimum atomic E-state index is 0.108. The molecule has 3 aliphatic rings. The third-order valence-corrected chi connectivity index (χ3v) is 6.34. The summed E-state index contributed by atoms with van der Waals surface area (Å²) in [7, 11) is 0. The molecule has 3 atom stereocenters. The molecule has 0 saturated carbocycles. The molecule has 2 heterocycles. The van der Waals surface area contributed by atoms with Crippen molar-refractivity contribution in [2.24, 2.45) is 5.92 Å². The molecule has 0 spiro atoms. The first-order valence-electron chi connectivity index (χ1n) is 8.13. The fraction of sp³-hybridized carbons (Fsp3) is 0.263. The fourth-order valence-corrected chi connectivity index (χ4v) is 4.91. The van der Waals surface area contributed by atoms with Crippen molar-refractivity contribution < 1.29 is 9.47 Å². The maximum absolute atomic E-state index is 6.52. The number of hydrogen-bond donors (Lipinski definition) is 1. The van der Waals surface area contributed by atoms with Gasteiger partial charge in [-0.15, -0.1) is 0 Å². The number of allylic oxidation sites excluding steroid dienone is 2. The van der Waals surface area contributed by atoms with Crippen LogP contribution in [-0.2, 0) is 0 Å². The predicted molar refractivity (Wildman–Crippen MR) is 100 cm³/mol. The van der Waals surface area contributed by atoms with Crippen molar-refractivity contribution in [3.05, 3.63) is 62.6 Å². The first kappa shape index (κ1) is 15.7. The van der Waals surface area contributed by atoms with E-state index in [0.29, 0.717) is 21.0 Å². The number of hydrogen-bond acceptors (Lipinski definition) is 3. The summed E-state index contributed by atoms with van der Waals surface area (Å²) >= 11 is 19.3. The largest absolute Gasteiger partial charge is 0.454 e. The summed E-state index contributed by atoms with van der Waals surface area (Å²) in [4.78, 5) is 0. The van der Waals surface area contributed by atoms with E-state index in [2.05, 4.69) is 23.5 Å². The number of benzene rings is 2. The lowest BCUT2D eigenvalue weighted by atomic mass is 9.77. The SMILES string of the molecule is Clc1cc(Cl)c2c(c1Cl)[C@@H]1C=CC[C@@H]1[C@H](c1ccc3c(c1)OCO3)N2. The molecule has 0 amide bonds. The van der Waals surface area contributed by atoms with Gasteiger partial charge >= 0.3 is 0 Å². The van der Waals surface area contributed by atoms with Crippen molar-refractivity contribution in [3.63, 3.8) is 0 Å². The molecule has 1 N–H and O–H groups in total. The topological polar surface area (TPSA) is 30.5 Å². The van der Waals surface area contributed by atoms with Crippen molar-refractivity contribution in [3.8, 4) is 11.5 Å². The Labute approximate surface area is 160 Å². The highest BCUT2D eigenvalue weighted by atomic mass is 35.5. The number of fused-ring (bicyclic) bond motifs is 4. The minimum absolute atomic E-state index is 0.108. The third kappa shape index (κ3) is 2.33. The molecule has 0 aromatic heterocycles. The summed E-state index contributed by atoms with van der Waals surface area (Å²) in [5, 5.41) is 5.27. The van der Waals surface area contributed by atoms with Gasteiger partial charge in [-0.2, -0.15) is 0 Å². The Morgan fingerprint density at radius 3 is 2.72 bits per heavy atom. The van der Waals surface area contributed by atoms with Gasteiger partial charge in [-0.25, -0.2) is 0 Å². The van der Waals surface area contributed by atoms with Crippen LogP contribution in [0, 0.1) is 5.92 Å². The van der Waals surface area contributed by atoms with Crippen LogP contribution in [0.4, 0.5) is 5.69 Å². The maximum atomic E-state index is 6.52. The minimum Gasteiger partial charge on any atom is -0.454 e. The molecule has 0 unspecified atom stereocenters. The van der Waals surface area contributed by atoms with Crippen molar-refractivity contribution in [2.75, 3.05) is 12.1 Å². The first-order valence-corrected chi connectivity index (χ1v) is 9.27.